The molecule has 0 aliphatic heterocycles. The van der Waals surface area contributed by atoms with Crippen molar-refractivity contribution in [1.29, 1.82) is 0 Å². The van der Waals surface area contributed by atoms with Gasteiger partial charge in [-0.1, -0.05) is 33.3 Å². The lowest BCUT2D eigenvalue weighted by Crippen LogP contribution is -2.26. The van der Waals surface area contributed by atoms with Crippen molar-refractivity contribution in [3.05, 3.63) is 12.7 Å². The third-order valence-electron chi connectivity index (χ3n) is 3.02. The van der Waals surface area contributed by atoms with Crippen LogP contribution >= 0.6 is 0 Å². The molecule has 1 nitrogen and oxygen atoms in total. The quantitative estimate of drug-likeness (QED) is 0.600. The van der Waals surface area contributed by atoms with Gasteiger partial charge in [0.05, 0.1) is 5.60 Å². The second kappa shape index (κ2) is 6.20. The first kappa shape index (κ1) is 12.7. The molecule has 0 radical (unpaired) electrons. The van der Waals surface area contributed by atoms with E-state index in [0.717, 1.165) is 32.1 Å². The van der Waals surface area contributed by atoms with Gasteiger partial charge in [-0.3, -0.25) is 0 Å². The zero-order chi connectivity index (χ0) is 10.3. The first-order chi connectivity index (χ1) is 6.08. The lowest BCUT2D eigenvalue weighted by Gasteiger charge is -2.25. The highest BCUT2D eigenvalue weighted by Gasteiger charge is 2.21. The monoisotopic (exact) mass is 184 g/mol. The van der Waals surface area contributed by atoms with Crippen LogP contribution in [0.5, 0.6) is 0 Å². The fourth-order valence-electron chi connectivity index (χ4n) is 1.47. The Bertz CT molecular complexity index is 136. The van der Waals surface area contributed by atoms with Crippen LogP contribution in [0.25, 0.3) is 0 Å². The van der Waals surface area contributed by atoms with Crippen molar-refractivity contribution in [2.45, 2.75) is 58.5 Å². The fraction of sp³-hybridized carbons (Fsp3) is 0.833. The fourth-order valence-corrected chi connectivity index (χ4v) is 1.47. The number of aliphatic hydroxyl groups is 1. The summed E-state index contributed by atoms with van der Waals surface area (Å²) in [5, 5.41) is 9.99. The van der Waals surface area contributed by atoms with Crippen LogP contribution in [0.15, 0.2) is 12.7 Å². The van der Waals surface area contributed by atoms with Crippen LogP contribution in [-0.4, -0.2) is 10.7 Å². The second-order valence-electron chi connectivity index (χ2n) is 4.04. The molecule has 0 fully saturated rings. The highest BCUT2D eigenvalue weighted by molar-refractivity contribution is 4.78. The van der Waals surface area contributed by atoms with Crippen LogP contribution in [0, 0.1) is 5.92 Å². The molecule has 1 unspecified atom stereocenters. The summed E-state index contributed by atoms with van der Waals surface area (Å²) in [4.78, 5) is 0. The van der Waals surface area contributed by atoms with Crippen molar-refractivity contribution in [3.8, 4) is 0 Å². The lowest BCUT2D eigenvalue weighted by atomic mass is 9.89. The highest BCUT2D eigenvalue weighted by atomic mass is 16.3. The van der Waals surface area contributed by atoms with Gasteiger partial charge in [-0.2, -0.15) is 0 Å². The molecular formula is C12H24O. The van der Waals surface area contributed by atoms with Gasteiger partial charge < -0.3 is 5.11 Å². The number of rotatable bonds is 7. The molecule has 0 spiro atoms. The average Bonchev–Trinajstić information content (AvgIpc) is 2.17. The third kappa shape index (κ3) is 5.09. The standard InChI is InChI=1S/C12H24O/c1-5-11(4)9-8-10-12(13,6-2)7-3/h5,11,13H,1,6-10H2,2-4H3. The predicted molar refractivity (Wildman–Crippen MR) is 58.7 cm³/mol. The SMILES string of the molecule is C=CC(C)CCCC(O)(CC)CC. The molecule has 13 heavy (non-hydrogen) atoms. The topological polar surface area (TPSA) is 20.2 Å². The van der Waals surface area contributed by atoms with Crippen LogP contribution in [-0.2, 0) is 0 Å². The molecule has 0 saturated heterocycles. The summed E-state index contributed by atoms with van der Waals surface area (Å²) in [5.74, 6) is 0.581. The average molecular weight is 184 g/mol. The van der Waals surface area contributed by atoms with E-state index in [1.807, 2.05) is 6.08 Å². The van der Waals surface area contributed by atoms with Crippen LogP contribution in [0.1, 0.15) is 52.9 Å². The van der Waals surface area contributed by atoms with E-state index in [9.17, 15) is 5.11 Å². The summed E-state index contributed by atoms with van der Waals surface area (Å²) >= 11 is 0. The van der Waals surface area contributed by atoms with Gasteiger partial charge in [0.15, 0.2) is 0 Å². The summed E-state index contributed by atoms with van der Waals surface area (Å²) in [6.45, 7) is 10.0. The van der Waals surface area contributed by atoms with Crippen molar-refractivity contribution in [1.82, 2.24) is 0 Å². The molecule has 1 N–H and O–H groups in total. The molecule has 1 heteroatoms. The molecule has 0 aromatic rings. The maximum atomic E-state index is 9.99. The molecule has 0 saturated carbocycles. The Balaban J connectivity index is 3.67. The molecule has 0 aliphatic carbocycles. The number of hydrogen-bond acceptors (Lipinski definition) is 1. The zero-order valence-electron chi connectivity index (χ0n) is 9.34. The molecule has 78 valence electrons. The van der Waals surface area contributed by atoms with Gasteiger partial charge in [0.1, 0.15) is 0 Å². The van der Waals surface area contributed by atoms with Crippen molar-refractivity contribution in [2.75, 3.05) is 0 Å². The largest absolute Gasteiger partial charge is 0.390 e. The van der Waals surface area contributed by atoms with E-state index in [0.29, 0.717) is 5.92 Å². The van der Waals surface area contributed by atoms with Crippen LogP contribution in [0.4, 0.5) is 0 Å². The Hall–Kier alpha value is -0.300. The minimum Gasteiger partial charge on any atom is -0.390 e. The molecule has 0 aliphatic rings. The van der Waals surface area contributed by atoms with Gasteiger partial charge in [0.2, 0.25) is 0 Å². The van der Waals surface area contributed by atoms with Crippen LogP contribution in [0.3, 0.4) is 0 Å². The molecular weight excluding hydrogens is 160 g/mol. The zero-order valence-corrected chi connectivity index (χ0v) is 9.34. The molecule has 0 aromatic carbocycles. The minimum absolute atomic E-state index is 0.416. The number of allylic oxidation sites excluding steroid dienone is 1. The lowest BCUT2D eigenvalue weighted by molar-refractivity contribution is 0.0207. The van der Waals surface area contributed by atoms with E-state index in [1.165, 1.54) is 0 Å². The van der Waals surface area contributed by atoms with E-state index < -0.39 is 5.60 Å². The van der Waals surface area contributed by atoms with Gasteiger partial charge in [-0.15, -0.1) is 6.58 Å². The molecule has 0 bridgehead atoms. The van der Waals surface area contributed by atoms with Crippen molar-refractivity contribution >= 4 is 0 Å². The van der Waals surface area contributed by atoms with Gasteiger partial charge in [-0.05, 0) is 31.6 Å². The smallest absolute Gasteiger partial charge is 0.0642 e. The van der Waals surface area contributed by atoms with Gasteiger partial charge in [0, 0.05) is 0 Å². The Morgan fingerprint density at radius 3 is 2.31 bits per heavy atom. The van der Waals surface area contributed by atoms with Crippen molar-refractivity contribution in [2.24, 2.45) is 5.92 Å². The molecule has 0 heterocycles. The van der Waals surface area contributed by atoms with Crippen LogP contribution in [0.2, 0.25) is 0 Å². The van der Waals surface area contributed by atoms with Crippen LogP contribution < -0.4 is 0 Å². The Labute approximate surface area is 82.9 Å². The first-order valence-corrected chi connectivity index (χ1v) is 5.43. The van der Waals surface area contributed by atoms with E-state index in [4.69, 9.17) is 0 Å². The Kier molecular flexibility index (Phi) is 6.06. The van der Waals surface area contributed by atoms with Gasteiger partial charge in [-0.25, -0.2) is 0 Å². The summed E-state index contributed by atoms with van der Waals surface area (Å²) in [7, 11) is 0. The maximum absolute atomic E-state index is 9.99. The molecule has 0 amide bonds. The normalized spacial score (nSPS) is 14.2. The van der Waals surface area contributed by atoms with Crippen molar-refractivity contribution in [3.63, 3.8) is 0 Å². The summed E-state index contributed by atoms with van der Waals surface area (Å²) < 4.78 is 0. The molecule has 1 atom stereocenters. The van der Waals surface area contributed by atoms with E-state index >= 15 is 0 Å². The van der Waals surface area contributed by atoms with Gasteiger partial charge >= 0.3 is 0 Å². The summed E-state index contributed by atoms with van der Waals surface area (Å²) in [6, 6.07) is 0. The highest BCUT2D eigenvalue weighted by Crippen LogP contribution is 2.23. The molecule has 0 rings (SSSR count). The Morgan fingerprint density at radius 2 is 1.92 bits per heavy atom. The second-order valence-corrected chi connectivity index (χ2v) is 4.04. The number of hydrogen-bond donors (Lipinski definition) is 1. The summed E-state index contributed by atoms with van der Waals surface area (Å²) in [5.41, 5.74) is -0.416. The van der Waals surface area contributed by atoms with E-state index in [-0.39, 0.29) is 0 Å². The van der Waals surface area contributed by atoms with Gasteiger partial charge in [0.25, 0.3) is 0 Å². The maximum Gasteiger partial charge on any atom is 0.0642 e. The van der Waals surface area contributed by atoms with E-state index in [2.05, 4.69) is 27.4 Å². The third-order valence-corrected chi connectivity index (χ3v) is 3.02. The van der Waals surface area contributed by atoms with E-state index in [1.54, 1.807) is 0 Å². The Morgan fingerprint density at radius 1 is 1.38 bits per heavy atom. The summed E-state index contributed by atoms with van der Waals surface area (Å²) in [6.07, 6.45) is 6.89. The predicted octanol–water partition coefficient (Wildman–Crippen LogP) is 3.53. The first-order valence-electron chi connectivity index (χ1n) is 5.43. The van der Waals surface area contributed by atoms with Crippen molar-refractivity contribution < 1.29 is 5.11 Å². The minimum atomic E-state index is -0.416. The molecule has 0 aromatic heterocycles.